The van der Waals surface area contributed by atoms with Crippen LogP contribution >= 0.6 is 0 Å². The van der Waals surface area contributed by atoms with E-state index in [-0.39, 0.29) is 18.2 Å². The van der Waals surface area contributed by atoms with Crippen molar-refractivity contribution >= 4 is 10.0 Å². The van der Waals surface area contributed by atoms with Crippen LogP contribution in [0.2, 0.25) is 0 Å². The molecule has 0 saturated carbocycles. The highest BCUT2D eigenvalue weighted by atomic mass is 32.2. The highest BCUT2D eigenvalue weighted by Gasteiger charge is 2.16. The second kappa shape index (κ2) is 6.54. The molecule has 0 amide bonds. The molecule has 5 nitrogen and oxygen atoms in total. The topological polar surface area (TPSA) is 79.5 Å². The first kappa shape index (κ1) is 16.2. The highest BCUT2D eigenvalue weighted by Crippen LogP contribution is 2.23. The fraction of sp³-hybridized carbons (Fsp3) is 0.692. The molecule has 1 rings (SSSR count). The van der Waals surface area contributed by atoms with Crippen LogP contribution in [0, 0.1) is 19.8 Å². The van der Waals surface area contributed by atoms with E-state index in [0.717, 1.165) is 11.3 Å². The van der Waals surface area contributed by atoms with Crippen molar-refractivity contribution in [1.29, 1.82) is 0 Å². The minimum Gasteiger partial charge on any atom is -0.466 e. The molecule has 0 aliphatic heterocycles. The smallest absolute Gasteiger partial charge is 0.211 e. The van der Waals surface area contributed by atoms with Gasteiger partial charge in [0.2, 0.25) is 10.0 Å². The summed E-state index contributed by atoms with van der Waals surface area (Å²) < 4.78 is 31.1. The number of furan rings is 1. The summed E-state index contributed by atoms with van der Waals surface area (Å²) in [6, 6.07) is 1.78. The van der Waals surface area contributed by atoms with Crippen LogP contribution < -0.4 is 4.72 Å². The van der Waals surface area contributed by atoms with E-state index in [4.69, 9.17) is 4.42 Å². The number of nitrogens with one attached hydrogen (secondary N) is 1. The molecule has 0 fully saturated rings. The number of sulfonamides is 1. The summed E-state index contributed by atoms with van der Waals surface area (Å²) in [7, 11) is -3.25. The number of hydrogen-bond acceptors (Lipinski definition) is 4. The Kier molecular flexibility index (Phi) is 5.58. The average Bonchev–Trinajstić information content (AvgIpc) is 2.55. The molecule has 6 heteroatoms. The van der Waals surface area contributed by atoms with Gasteiger partial charge in [-0.3, -0.25) is 0 Å². The Bertz CT molecular complexity index is 505. The Morgan fingerprint density at radius 1 is 1.37 bits per heavy atom. The van der Waals surface area contributed by atoms with Crippen LogP contribution in [0.5, 0.6) is 0 Å². The van der Waals surface area contributed by atoms with Crippen molar-refractivity contribution in [2.45, 2.75) is 40.2 Å². The second-order valence-electron chi connectivity index (χ2n) is 5.24. The lowest BCUT2D eigenvalue weighted by Gasteiger charge is -2.12. The predicted octanol–water partition coefficient (Wildman–Crippen LogP) is 1.90. The molecule has 1 aromatic rings. The van der Waals surface area contributed by atoms with Crippen LogP contribution in [0.3, 0.4) is 0 Å². The number of hydrogen-bond donors (Lipinski definition) is 2. The number of aryl methyl sites for hydroxylation is 2. The quantitative estimate of drug-likeness (QED) is 0.803. The molecule has 1 aromatic heterocycles. The molecule has 0 spiro atoms. The van der Waals surface area contributed by atoms with Gasteiger partial charge in [0.15, 0.2) is 0 Å². The van der Waals surface area contributed by atoms with Crippen LogP contribution in [-0.4, -0.2) is 25.8 Å². The third-order valence-corrected chi connectivity index (χ3v) is 4.48. The average molecular weight is 289 g/mol. The van der Waals surface area contributed by atoms with Crippen LogP contribution in [0.4, 0.5) is 0 Å². The molecule has 0 aliphatic carbocycles. The number of rotatable bonds is 7. The SMILES string of the molecule is Cc1cc(C(O)CCNS(=O)(=O)CC(C)C)c(C)o1. The maximum Gasteiger partial charge on any atom is 0.211 e. The third kappa shape index (κ3) is 5.34. The molecule has 1 unspecified atom stereocenters. The summed E-state index contributed by atoms with van der Waals surface area (Å²) >= 11 is 0. The Morgan fingerprint density at radius 2 is 2.00 bits per heavy atom. The van der Waals surface area contributed by atoms with Gasteiger partial charge in [0, 0.05) is 12.1 Å². The Labute approximate surface area is 115 Å². The maximum absolute atomic E-state index is 11.6. The first-order chi connectivity index (χ1) is 8.71. The van der Waals surface area contributed by atoms with Gasteiger partial charge in [-0.25, -0.2) is 13.1 Å². The lowest BCUT2D eigenvalue weighted by molar-refractivity contribution is 0.167. The Morgan fingerprint density at radius 3 is 2.47 bits per heavy atom. The van der Waals surface area contributed by atoms with Crippen LogP contribution in [0.1, 0.15) is 43.5 Å². The fourth-order valence-corrected chi connectivity index (χ4v) is 3.41. The minimum atomic E-state index is -3.25. The normalized spacial score (nSPS) is 14.0. The number of aliphatic hydroxyl groups is 1. The zero-order valence-corrected chi connectivity index (χ0v) is 12.8. The van der Waals surface area contributed by atoms with Crippen molar-refractivity contribution in [3.8, 4) is 0 Å². The van der Waals surface area contributed by atoms with E-state index in [1.165, 1.54) is 0 Å². The van der Waals surface area contributed by atoms with E-state index in [9.17, 15) is 13.5 Å². The lowest BCUT2D eigenvalue weighted by Crippen LogP contribution is -2.30. The molecule has 19 heavy (non-hydrogen) atoms. The molecule has 0 radical (unpaired) electrons. The predicted molar refractivity (Wildman–Crippen MR) is 74.4 cm³/mol. The molecule has 110 valence electrons. The Balaban J connectivity index is 2.47. The van der Waals surface area contributed by atoms with Gasteiger partial charge < -0.3 is 9.52 Å². The van der Waals surface area contributed by atoms with E-state index in [2.05, 4.69) is 4.72 Å². The van der Waals surface area contributed by atoms with Gasteiger partial charge in [-0.05, 0) is 32.3 Å². The van der Waals surface area contributed by atoms with Gasteiger partial charge >= 0.3 is 0 Å². The van der Waals surface area contributed by atoms with Crippen molar-refractivity contribution in [1.82, 2.24) is 4.72 Å². The summed E-state index contributed by atoms with van der Waals surface area (Å²) in [5, 5.41) is 10.00. The standard InChI is InChI=1S/C13H23NO4S/c1-9(2)8-19(16,17)14-6-5-13(15)12-7-10(3)18-11(12)4/h7,9,13-15H,5-6,8H2,1-4H3. The summed E-state index contributed by atoms with van der Waals surface area (Å²) in [6.45, 7) is 7.53. The van der Waals surface area contributed by atoms with E-state index >= 15 is 0 Å². The molecule has 0 aliphatic rings. The first-order valence-corrected chi connectivity index (χ1v) is 8.09. The van der Waals surface area contributed by atoms with Gasteiger partial charge in [0.25, 0.3) is 0 Å². The Hall–Kier alpha value is -0.850. The zero-order valence-electron chi connectivity index (χ0n) is 11.9. The van der Waals surface area contributed by atoms with Gasteiger partial charge in [-0.15, -0.1) is 0 Å². The zero-order chi connectivity index (χ0) is 14.6. The largest absolute Gasteiger partial charge is 0.466 e. The van der Waals surface area contributed by atoms with Gasteiger partial charge in [0.05, 0.1) is 11.9 Å². The van der Waals surface area contributed by atoms with E-state index in [1.54, 1.807) is 13.0 Å². The lowest BCUT2D eigenvalue weighted by atomic mass is 10.1. The summed E-state index contributed by atoms with van der Waals surface area (Å²) in [5.74, 6) is 1.61. The van der Waals surface area contributed by atoms with Crippen LogP contribution in [0.15, 0.2) is 10.5 Å². The highest BCUT2D eigenvalue weighted by molar-refractivity contribution is 7.89. The van der Waals surface area contributed by atoms with Crippen molar-refractivity contribution in [3.05, 3.63) is 23.2 Å². The molecule has 1 atom stereocenters. The molecule has 0 saturated heterocycles. The van der Waals surface area contributed by atoms with Crippen molar-refractivity contribution < 1.29 is 17.9 Å². The molecular formula is C13H23NO4S. The summed E-state index contributed by atoms with van der Waals surface area (Å²) in [6.07, 6.45) is -0.379. The third-order valence-electron chi connectivity index (χ3n) is 2.73. The maximum atomic E-state index is 11.6. The molecule has 0 aromatic carbocycles. The van der Waals surface area contributed by atoms with Gasteiger partial charge in [-0.1, -0.05) is 13.8 Å². The first-order valence-electron chi connectivity index (χ1n) is 6.43. The van der Waals surface area contributed by atoms with Crippen molar-refractivity contribution in [3.63, 3.8) is 0 Å². The van der Waals surface area contributed by atoms with E-state index in [1.807, 2.05) is 20.8 Å². The van der Waals surface area contributed by atoms with Crippen molar-refractivity contribution in [2.24, 2.45) is 5.92 Å². The van der Waals surface area contributed by atoms with E-state index < -0.39 is 16.1 Å². The monoisotopic (exact) mass is 289 g/mol. The molecule has 0 bridgehead atoms. The second-order valence-corrected chi connectivity index (χ2v) is 7.09. The van der Waals surface area contributed by atoms with Crippen molar-refractivity contribution in [2.75, 3.05) is 12.3 Å². The van der Waals surface area contributed by atoms with Gasteiger partial charge in [-0.2, -0.15) is 0 Å². The van der Waals surface area contributed by atoms with E-state index in [0.29, 0.717) is 12.2 Å². The molecule has 1 heterocycles. The van der Waals surface area contributed by atoms with Crippen LogP contribution in [-0.2, 0) is 10.0 Å². The summed E-state index contributed by atoms with van der Waals surface area (Å²) in [5.41, 5.74) is 0.723. The fourth-order valence-electron chi connectivity index (χ4n) is 1.99. The number of aliphatic hydroxyl groups excluding tert-OH is 1. The van der Waals surface area contributed by atoms with Crippen LogP contribution in [0.25, 0.3) is 0 Å². The summed E-state index contributed by atoms with van der Waals surface area (Å²) in [4.78, 5) is 0. The molecule has 2 N–H and O–H groups in total. The minimum absolute atomic E-state index is 0.0844. The van der Waals surface area contributed by atoms with Gasteiger partial charge in [0.1, 0.15) is 11.5 Å². The molecular weight excluding hydrogens is 266 g/mol.